The minimum atomic E-state index is -0.0394. The molecule has 2 aliphatic carbocycles. The van der Waals surface area contributed by atoms with Crippen LogP contribution in [0.5, 0.6) is 0 Å². The number of hydrogen-bond donors (Lipinski definition) is 0. The van der Waals surface area contributed by atoms with E-state index in [1.807, 2.05) is 0 Å². The Balaban J connectivity index is 1.53. The molecule has 0 unspecified atom stereocenters. The fourth-order valence-corrected chi connectivity index (χ4v) is 7.22. The molecule has 0 aromatic heterocycles. The highest BCUT2D eigenvalue weighted by molar-refractivity contribution is 5.85. The second-order valence-electron chi connectivity index (χ2n) is 15.4. The standard InChI is InChI=1S/C41H49N/c1-39(2,3)30-24-31(40(4,5)6)26-34(25-30)42(32-20-18-29(19-21-32)28-14-10-9-11-15-28)33-22-23-36-35-16-12-13-17-37(35)41(7,8)38(36)27-33/h12-13,16-28H,9-11,14-15H2,1-8H3. The Hall–Kier alpha value is -3.32. The van der Waals surface area contributed by atoms with Crippen LogP contribution in [-0.2, 0) is 16.2 Å². The van der Waals surface area contributed by atoms with Crippen molar-refractivity contribution in [2.45, 2.75) is 110 Å². The maximum Gasteiger partial charge on any atom is 0.0467 e. The molecule has 0 aliphatic heterocycles. The first kappa shape index (κ1) is 28.8. The Morgan fingerprint density at radius 3 is 1.76 bits per heavy atom. The van der Waals surface area contributed by atoms with Gasteiger partial charge in [0.2, 0.25) is 0 Å². The van der Waals surface area contributed by atoms with Crippen molar-refractivity contribution in [2.75, 3.05) is 4.90 Å². The lowest BCUT2D eigenvalue weighted by atomic mass is 9.80. The van der Waals surface area contributed by atoms with E-state index < -0.39 is 0 Å². The lowest BCUT2D eigenvalue weighted by Crippen LogP contribution is -2.20. The van der Waals surface area contributed by atoms with Gasteiger partial charge in [-0.2, -0.15) is 0 Å². The van der Waals surface area contributed by atoms with E-state index in [0.29, 0.717) is 5.92 Å². The van der Waals surface area contributed by atoms with Crippen molar-refractivity contribution in [2.24, 2.45) is 0 Å². The van der Waals surface area contributed by atoms with Crippen molar-refractivity contribution in [3.63, 3.8) is 0 Å². The summed E-state index contributed by atoms with van der Waals surface area (Å²) < 4.78 is 0. The summed E-state index contributed by atoms with van der Waals surface area (Å²) in [5.41, 5.74) is 13.6. The van der Waals surface area contributed by atoms with Crippen molar-refractivity contribution < 1.29 is 0 Å². The van der Waals surface area contributed by atoms with Crippen LogP contribution in [-0.4, -0.2) is 0 Å². The lowest BCUT2D eigenvalue weighted by molar-refractivity contribution is 0.443. The summed E-state index contributed by atoms with van der Waals surface area (Å²) in [6.07, 6.45) is 6.77. The third-order valence-electron chi connectivity index (χ3n) is 9.96. The van der Waals surface area contributed by atoms with Gasteiger partial charge in [0, 0.05) is 22.5 Å². The fraction of sp³-hybridized carbons (Fsp3) is 0.415. The van der Waals surface area contributed by atoms with Gasteiger partial charge in [-0.05, 0) is 105 Å². The molecule has 1 heteroatoms. The van der Waals surface area contributed by atoms with Crippen LogP contribution in [0.1, 0.15) is 121 Å². The van der Waals surface area contributed by atoms with E-state index in [1.165, 1.54) is 88.1 Å². The quantitative estimate of drug-likeness (QED) is 0.242. The van der Waals surface area contributed by atoms with Crippen LogP contribution in [0.3, 0.4) is 0 Å². The van der Waals surface area contributed by atoms with E-state index in [4.69, 9.17) is 0 Å². The summed E-state index contributed by atoms with van der Waals surface area (Å²) in [6.45, 7) is 18.7. The maximum atomic E-state index is 2.51. The second-order valence-corrected chi connectivity index (χ2v) is 15.4. The van der Waals surface area contributed by atoms with Gasteiger partial charge in [0.1, 0.15) is 0 Å². The molecule has 1 fully saturated rings. The molecule has 0 atom stereocenters. The zero-order valence-corrected chi connectivity index (χ0v) is 27.1. The molecule has 0 spiro atoms. The van der Waals surface area contributed by atoms with Gasteiger partial charge in [-0.15, -0.1) is 0 Å². The minimum Gasteiger partial charge on any atom is -0.310 e. The first-order chi connectivity index (χ1) is 19.8. The average Bonchev–Trinajstić information content (AvgIpc) is 3.19. The highest BCUT2D eigenvalue weighted by Crippen LogP contribution is 2.51. The number of anilines is 3. The van der Waals surface area contributed by atoms with Gasteiger partial charge in [0.25, 0.3) is 0 Å². The number of nitrogens with zero attached hydrogens (tertiary/aromatic N) is 1. The molecule has 0 radical (unpaired) electrons. The Labute approximate surface area is 255 Å². The highest BCUT2D eigenvalue weighted by Gasteiger charge is 2.36. The van der Waals surface area contributed by atoms with E-state index in [-0.39, 0.29) is 16.2 Å². The van der Waals surface area contributed by atoms with Crippen LogP contribution >= 0.6 is 0 Å². The predicted octanol–water partition coefficient (Wildman–Crippen LogP) is 12.1. The van der Waals surface area contributed by atoms with E-state index in [1.54, 1.807) is 0 Å². The van der Waals surface area contributed by atoms with Gasteiger partial charge < -0.3 is 4.90 Å². The van der Waals surface area contributed by atoms with E-state index in [0.717, 1.165) is 0 Å². The van der Waals surface area contributed by atoms with Crippen molar-refractivity contribution in [3.05, 3.63) is 113 Å². The van der Waals surface area contributed by atoms with Crippen LogP contribution < -0.4 is 4.90 Å². The van der Waals surface area contributed by atoms with Crippen molar-refractivity contribution in [3.8, 4) is 11.1 Å². The Kier molecular flexibility index (Phi) is 7.16. The van der Waals surface area contributed by atoms with Crippen molar-refractivity contribution in [1.29, 1.82) is 0 Å². The smallest absolute Gasteiger partial charge is 0.0467 e. The summed E-state index contributed by atoms with van der Waals surface area (Å²) in [4.78, 5) is 2.51. The molecular weight excluding hydrogens is 506 g/mol. The molecule has 218 valence electrons. The van der Waals surface area contributed by atoms with Gasteiger partial charge in [-0.1, -0.05) is 123 Å². The summed E-state index contributed by atoms with van der Waals surface area (Å²) in [5, 5.41) is 0. The Morgan fingerprint density at radius 2 is 1.14 bits per heavy atom. The predicted molar refractivity (Wildman–Crippen MR) is 182 cm³/mol. The Morgan fingerprint density at radius 1 is 0.571 bits per heavy atom. The first-order valence-corrected chi connectivity index (χ1v) is 16.1. The van der Waals surface area contributed by atoms with E-state index in [2.05, 4.69) is 145 Å². The molecule has 1 saturated carbocycles. The second kappa shape index (κ2) is 10.4. The van der Waals surface area contributed by atoms with Crippen LogP contribution in [0.2, 0.25) is 0 Å². The SMILES string of the molecule is CC(C)(C)c1cc(N(c2ccc(C3CCCCC3)cc2)c2ccc3c(c2)C(C)(C)c2ccccc2-3)cc(C(C)(C)C)c1. The van der Waals surface area contributed by atoms with Gasteiger partial charge in [0.15, 0.2) is 0 Å². The summed E-state index contributed by atoms with van der Waals surface area (Å²) in [5.74, 6) is 0.706. The first-order valence-electron chi connectivity index (χ1n) is 16.1. The van der Waals surface area contributed by atoms with Gasteiger partial charge in [-0.25, -0.2) is 0 Å². The molecule has 4 aromatic rings. The largest absolute Gasteiger partial charge is 0.310 e. The molecule has 0 bridgehead atoms. The molecule has 6 rings (SSSR count). The number of fused-ring (bicyclic) bond motifs is 3. The molecular formula is C41H49N. The molecule has 0 heterocycles. The van der Waals surface area contributed by atoms with Crippen molar-refractivity contribution >= 4 is 17.1 Å². The minimum absolute atomic E-state index is 0.0394. The number of benzene rings is 4. The fourth-order valence-electron chi connectivity index (χ4n) is 7.22. The van der Waals surface area contributed by atoms with Gasteiger partial charge >= 0.3 is 0 Å². The summed E-state index contributed by atoms with van der Waals surface area (Å²) in [6, 6.07) is 32.9. The number of hydrogen-bond acceptors (Lipinski definition) is 1. The van der Waals surface area contributed by atoms with Gasteiger partial charge in [0.05, 0.1) is 0 Å². The molecule has 4 aromatic carbocycles. The van der Waals surface area contributed by atoms with Crippen LogP contribution in [0.25, 0.3) is 11.1 Å². The Bertz CT molecular complexity index is 1550. The van der Waals surface area contributed by atoms with E-state index >= 15 is 0 Å². The maximum absolute atomic E-state index is 2.51. The summed E-state index contributed by atoms with van der Waals surface area (Å²) >= 11 is 0. The molecule has 42 heavy (non-hydrogen) atoms. The molecule has 0 N–H and O–H groups in total. The van der Waals surface area contributed by atoms with Crippen molar-refractivity contribution in [1.82, 2.24) is 0 Å². The topological polar surface area (TPSA) is 3.24 Å². The third-order valence-corrected chi connectivity index (χ3v) is 9.96. The van der Waals surface area contributed by atoms with Crippen LogP contribution in [0.4, 0.5) is 17.1 Å². The molecule has 0 amide bonds. The normalized spacial score (nSPS) is 16.7. The molecule has 2 aliphatic rings. The lowest BCUT2D eigenvalue weighted by Gasteiger charge is -2.32. The summed E-state index contributed by atoms with van der Waals surface area (Å²) in [7, 11) is 0. The van der Waals surface area contributed by atoms with Crippen LogP contribution in [0, 0.1) is 0 Å². The zero-order valence-electron chi connectivity index (χ0n) is 27.1. The average molecular weight is 556 g/mol. The monoisotopic (exact) mass is 555 g/mol. The van der Waals surface area contributed by atoms with Gasteiger partial charge in [-0.3, -0.25) is 0 Å². The molecule has 0 saturated heterocycles. The van der Waals surface area contributed by atoms with Crippen LogP contribution in [0.15, 0.2) is 84.9 Å². The number of rotatable bonds is 4. The van der Waals surface area contributed by atoms with E-state index in [9.17, 15) is 0 Å². The third kappa shape index (κ3) is 5.21. The highest BCUT2D eigenvalue weighted by atomic mass is 15.1. The molecule has 1 nitrogen and oxygen atoms in total. The zero-order chi connectivity index (χ0) is 29.9.